The van der Waals surface area contributed by atoms with E-state index >= 15 is 0 Å². The highest BCUT2D eigenvalue weighted by atomic mass is 16.5. The highest BCUT2D eigenvalue weighted by Gasteiger charge is 2.11. The van der Waals surface area contributed by atoms with Crippen molar-refractivity contribution in [2.45, 2.75) is 26.7 Å². The topological polar surface area (TPSA) is 26.2 Å². The van der Waals surface area contributed by atoms with Crippen LogP contribution in [0.5, 0.6) is 5.75 Å². The Bertz CT molecular complexity index is 557. The van der Waals surface area contributed by atoms with E-state index in [1.807, 2.05) is 0 Å². The standard InChI is InChI=1S/C16H24N2O/c1-5-17-8-6-7-13-11-18(3)16-14(13)9-12(2)10-15(16)19-4/h9-11,17H,5-8H2,1-4H3. The lowest BCUT2D eigenvalue weighted by molar-refractivity contribution is 0.417. The molecule has 0 unspecified atom stereocenters. The molecule has 0 aliphatic heterocycles. The number of benzene rings is 1. The third-order valence-electron chi connectivity index (χ3n) is 3.54. The molecule has 3 heteroatoms. The van der Waals surface area contributed by atoms with Gasteiger partial charge < -0.3 is 14.6 Å². The number of aromatic nitrogens is 1. The van der Waals surface area contributed by atoms with Crippen LogP contribution in [0.2, 0.25) is 0 Å². The van der Waals surface area contributed by atoms with Gasteiger partial charge in [0.05, 0.1) is 12.6 Å². The first-order chi connectivity index (χ1) is 9.17. The van der Waals surface area contributed by atoms with E-state index in [-0.39, 0.29) is 0 Å². The van der Waals surface area contributed by atoms with Crippen LogP contribution in [0.1, 0.15) is 24.5 Å². The van der Waals surface area contributed by atoms with Crippen LogP contribution in [0.15, 0.2) is 18.3 Å². The zero-order valence-electron chi connectivity index (χ0n) is 12.4. The predicted octanol–water partition coefficient (Wildman–Crippen LogP) is 3.04. The number of rotatable bonds is 6. The first-order valence-electron chi connectivity index (χ1n) is 7.00. The van der Waals surface area contributed by atoms with Gasteiger partial charge in [0.1, 0.15) is 5.75 Å². The Morgan fingerprint density at radius 1 is 1.32 bits per heavy atom. The zero-order valence-corrected chi connectivity index (χ0v) is 12.4. The molecule has 0 fully saturated rings. The summed E-state index contributed by atoms with van der Waals surface area (Å²) in [6.07, 6.45) is 4.51. The fraction of sp³-hybridized carbons (Fsp3) is 0.500. The quantitative estimate of drug-likeness (QED) is 0.808. The maximum atomic E-state index is 5.51. The van der Waals surface area contributed by atoms with Crippen molar-refractivity contribution in [2.24, 2.45) is 7.05 Å². The minimum Gasteiger partial charge on any atom is -0.495 e. The highest BCUT2D eigenvalue weighted by molar-refractivity contribution is 5.89. The summed E-state index contributed by atoms with van der Waals surface area (Å²) in [4.78, 5) is 0. The van der Waals surface area contributed by atoms with Crippen LogP contribution >= 0.6 is 0 Å². The van der Waals surface area contributed by atoms with E-state index in [1.54, 1.807) is 7.11 Å². The fourth-order valence-corrected chi connectivity index (χ4v) is 2.66. The van der Waals surface area contributed by atoms with Gasteiger partial charge in [-0.3, -0.25) is 0 Å². The minimum atomic E-state index is 0.968. The van der Waals surface area contributed by atoms with Gasteiger partial charge in [-0.2, -0.15) is 0 Å². The van der Waals surface area contributed by atoms with Crippen molar-refractivity contribution in [3.8, 4) is 5.75 Å². The summed E-state index contributed by atoms with van der Waals surface area (Å²) in [5.41, 5.74) is 3.87. The first-order valence-corrected chi connectivity index (χ1v) is 7.00. The number of hydrogen-bond acceptors (Lipinski definition) is 2. The Morgan fingerprint density at radius 2 is 2.11 bits per heavy atom. The van der Waals surface area contributed by atoms with Gasteiger partial charge in [-0.1, -0.05) is 6.92 Å². The summed E-state index contributed by atoms with van der Waals surface area (Å²) in [5.74, 6) is 0.968. The second-order valence-corrected chi connectivity index (χ2v) is 5.09. The molecule has 1 aromatic heterocycles. The molecule has 0 radical (unpaired) electrons. The Kier molecular flexibility index (Phi) is 4.48. The van der Waals surface area contributed by atoms with Gasteiger partial charge in [-0.15, -0.1) is 0 Å². The molecule has 0 amide bonds. The predicted molar refractivity (Wildman–Crippen MR) is 81.1 cm³/mol. The summed E-state index contributed by atoms with van der Waals surface area (Å²) in [6, 6.07) is 4.37. The lowest BCUT2D eigenvalue weighted by Gasteiger charge is -2.06. The van der Waals surface area contributed by atoms with Crippen LogP contribution in [0, 0.1) is 6.92 Å². The van der Waals surface area contributed by atoms with E-state index in [0.717, 1.165) is 25.3 Å². The van der Waals surface area contributed by atoms with E-state index < -0.39 is 0 Å². The van der Waals surface area contributed by atoms with Gasteiger partial charge in [0.2, 0.25) is 0 Å². The van der Waals surface area contributed by atoms with E-state index in [1.165, 1.54) is 28.5 Å². The number of nitrogens with zero attached hydrogens (tertiary/aromatic N) is 1. The highest BCUT2D eigenvalue weighted by Crippen LogP contribution is 2.31. The van der Waals surface area contributed by atoms with Crippen molar-refractivity contribution in [3.63, 3.8) is 0 Å². The van der Waals surface area contributed by atoms with Crippen molar-refractivity contribution in [1.29, 1.82) is 0 Å². The third kappa shape index (κ3) is 2.92. The van der Waals surface area contributed by atoms with Gasteiger partial charge >= 0.3 is 0 Å². The molecule has 3 nitrogen and oxygen atoms in total. The average Bonchev–Trinajstić information content (AvgIpc) is 2.70. The molecule has 2 rings (SSSR count). The molecular weight excluding hydrogens is 236 g/mol. The molecule has 0 spiro atoms. The Balaban J connectivity index is 2.32. The van der Waals surface area contributed by atoms with Crippen LogP contribution in [0.25, 0.3) is 10.9 Å². The van der Waals surface area contributed by atoms with Gasteiger partial charge in [0.25, 0.3) is 0 Å². The van der Waals surface area contributed by atoms with Crippen molar-refractivity contribution < 1.29 is 4.74 Å². The number of fused-ring (bicyclic) bond motifs is 1. The number of ether oxygens (including phenoxy) is 1. The minimum absolute atomic E-state index is 0.968. The zero-order chi connectivity index (χ0) is 13.8. The largest absolute Gasteiger partial charge is 0.495 e. The number of nitrogens with one attached hydrogen (secondary N) is 1. The van der Waals surface area contributed by atoms with Gasteiger partial charge in [-0.05, 0) is 56.1 Å². The van der Waals surface area contributed by atoms with Crippen LogP contribution in [0.4, 0.5) is 0 Å². The Labute approximate surface area is 115 Å². The molecule has 104 valence electrons. The molecule has 0 atom stereocenters. The molecule has 0 aliphatic carbocycles. The summed E-state index contributed by atoms with van der Waals surface area (Å²) in [5, 5.41) is 4.71. The van der Waals surface area contributed by atoms with Crippen LogP contribution in [-0.2, 0) is 13.5 Å². The first kappa shape index (κ1) is 13.9. The second-order valence-electron chi connectivity index (χ2n) is 5.09. The van der Waals surface area contributed by atoms with Crippen molar-refractivity contribution in [1.82, 2.24) is 9.88 Å². The summed E-state index contributed by atoms with van der Waals surface area (Å²) in [6.45, 7) is 6.39. The molecule has 0 saturated carbocycles. The number of aryl methyl sites for hydroxylation is 3. The third-order valence-corrected chi connectivity index (χ3v) is 3.54. The van der Waals surface area contributed by atoms with Crippen molar-refractivity contribution in [3.05, 3.63) is 29.5 Å². The molecule has 1 heterocycles. The molecule has 1 aromatic carbocycles. The fourth-order valence-electron chi connectivity index (χ4n) is 2.66. The molecule has 0 bridgehead atoms. The van der Waals surface area contributed by atoms with Crippen LogP contribution in [0.3, 0.4) is 0 Å². The maximum Gasteiger partial charge on any atom is 0.143 e. The monoisotopic (exact) mass is 260 g/mol. The lowest BCUT2D eigenvalue weighted by atomic mass is 10.1. The smallest absolute Gasteiger partial charge is 0.143 e. The van der Waals surface area contributed by atoms with E-state index in [0.29, 0.717) is 0 Å². The average molecular weight is 260 g/mol. The summed E-state index contributed by atoms with van der Waals surface area (Å²) in [7, 11) is 3.83. The number of hydrogen-bond donors (Lipinski definition) is 1. The molecule has 0 saturated heterocycles. The lowest BCUT2D eigenvalue weighted by Crippen LogP contribution is -2.14. The normalized spacial score (nSPS) is 11.2. The summed E-state index contributed by atoms with van der Waals surface area (Å²) >= 11 is 0. The number of methoxy groups -OCH3 is 1. The maximum absolute atomic E-state index is 5.51. The second kappa shape index (κ2) is 6.11. The molecular formula is C16H24N2O. The van der Waals surface area contributed by atoms with Gasteiger partial charge in [0, 0.05) is 18.6 Å². The van der Waals surface area contributed by atoms with E-state index in [9.17, 15) is 0 Å². The molecule has 0 aliphatic rings. The van der Waals surface area contributed by atoms with Crippen molar-refractivity contribution >= 4 is 10.9 Å². The molecule has 2 aromatic rings. The van der Waals surface area contributed by atoms with Gasteiger partial charge in [-0.25, -0.2) is 0 Å². The SMILES string of the molecule is CCNCCCc1cn(C)c2c(OC)cc(C)cc12. The Hall–Kier alpha value is -1.48. The van der Waals surface area contributed by atoms with E-state index in [4.69, 9.17) is 4.74 Å². The van der Waals surface area contributed by atoms with Crippen LogP contribution < -0.4 is 10.1 Å². The van der Waals surface area contributed by atoms with Crippen LogP contribution in [-0.4, -0.2) is 24.8 Å². The van der Waals surface area contributed by atoms with Gasteiger partial charge in [0.15, 0.2) is 0 Å². The summed E-state index contributed by atoms with van der Waals surface area (Å²) < 4.78 is 7.69. The molecule has 19 heavy (non-hydrogen) atoms. The Morgan fingerprint density at radius 3 is 2.79 bits per heavy atom. The van der Waals surface area contributed by atoms with E-state index in [2.05, 4.69) is 49.1 Å². The van der Waals surface area contributed by atoms with Crippen molar-refractivity contribution in [2.75, 3.05) is 20.2 Å². The molecule has 1 N–H and O–H groups in total.